The lowest BCUT2D eigenvalue weighted by atomic mass is 10.2. The molecule has 0 spiro atoms. The zero-order valence-electron chi connectivity index (χ0n) is 11.4. The molecule has 2 aromatic rings. The number of hydrogen-bond acceptors (Lipinski definition) is 4. The predicted octanol–water partition coefficient (Wildman–Crippen LogP) is 2.50. The van der Waals surface area contributed by atoms with Gasteiger partial charge in [-0.25, -0.2) is 9.18 Å². The van der Waals surface area contributed by atoms with Crippen LogP contribution in [0.15, 0.2) is 47.4 Å². The highest BCUT2D eigenvalue weighted by Crippen LogP contribution is 2.09. The molecule has 0 N–H and O–H groups in total. The van der Waals surface area contributed by atoms with E-state index in [4.69, 9.17) is 4.74 Å². The van der Waals surface area contributed by atoms with Gasteiger partial charge in [-0.3, -0.25) is 9.36 Å². The average Bonchev–Trinajstić information content (AvgIpc) is 2.49. The van der Waals surface area contributed by atoms with Gasteiger partial charge in [0.2, 0.25) is 0 Å². The molecule has 0 radical (unpaired) electrons. The largest absolute Gasteiger partial charge is 0.461 e. The summed E-state index contributed by atoms with van der Waals surface area (Å²) < 4.78 is 19.3. The lowest BCUT2D eigenvalue weighted by Gasteiger charge is -2.08. The van der Waals surface area contributed by atoms with Gasteiger partial charge in [0.15, 0.2) is 0 Å². The number of esters is 1. The number of rotatable bonds is 5. The van der Waals surface area contributed by atoms with Crippen molar-refractivity contribution in [1.29, 1.82) is 0 Å². The number of hydrogen-bond donors (Lipinski definition) is 0. The molecule has 2 rings (SSSR count). The van der Waals surface area contributed by atoms with E-state index in [9.17, 15) is 14.0 Å². The number of carbonyl (C=O) groups excluding carboxylic acids is 1. The quantitative estimate of drug-likeness (QED) is 0.629. The molecule has 0 amide bonds. The number of thioether (sulfide) groups is 1. The zero-order chi connectivity index (χ0) is 15.2. The maximum atomic E-state index is 12.9. The molecule has 1 aromatic heterocycles. The summed E-state index contributed by atoms with van der Waals surface area (Å²) in [6, 6.07) is 8.16. The van der Waals surface area contributed by atoms with E-state index in [1.807, 2.05) is 6.26 Å². The smallest absolute Gasteiger partial charge is 0.339 e. The highest BCUT2D eigenvalue weighted by molar-refractivity contribution is 7.98. The predicted molar refractivity (Wildman–Crippen MR) is 80.7 cm³/mol. The molecule has 0 saturated carbocycles. The Bertz CT molecular complexity index is 682. The number of aromatic nitrogens is 1. The minimum atomic E-state index is -0.486. The second-order valence-corrected chi connectivity index (χ2v) is 5.22. The van der Waals surface area contributed by atoms with E-state index in [2.05, 4.69) is 0 Å². The summed E-state index contributed by atoms with van der Waals surface area (Å²) in [5.74, 6) is -0.164. The molecule has 0 unspecified atom stereocenters. The van der Waals surface area contributed by atoms with E-state index in [0.717, 1.165) is 0 Å². The van der Waals surface area contributed by atoms with Crippen LogP contribution < -0.4 is 5.56 Å². The lowest BCUT2D eigenvalue weighted by Crippen LogP contribution is -2.19. The van der Waals surface area contributed by atoms with Gasteiger partial charge in [-0.15, -0.1) is 0 Å². The summed E-state index contributed by atoms with van der Waals surface area (Å²) in [6.07, 6.45) is 3.32. The molecule has 0 aliphatic carbocycles. The van der Waals surface area contributed by atoms with Crippen molar-refractivity contribution in [2.45, 2.75) is 0 Å². The molecular weight excluding hydrogens is 293 g/mol. The van der Waals surface area contributed by atoms with Crippen LogP contribution >= 0.6 is 11.8 Å². The number of halogens is 1. The van der Waals surface area contributed by atoms with Crippen LogP contribution in [0.25, 0.3) is 5.69 Å². The normalized spacial score (nSPS) is 10.4. The van der Waals surface area contributed by atoms with Crippen LogP contribution in [-0.2, 0) is 4.74 Å². The molecule has 0 bridgehead atoms. The number of pyridine rings is 1. The summed E-state index contributed by atoms with van der Waals surface area (Å²) in [5, 5.41) is 0. The molecule has 0 fully saturated rings. The van der Waals surface area contributed by atoms with Crippen LogP contribution in [0, 0.1) is 5.82 Å². The number of ether oxygens (including phenoxy) is 1. The molecule has 0 aliphatic heterocycles. The monoisotopic (exact) mass is 307 g/mol. The van der Waals surface area contributed by atoms with Gasteiger partial charge in [0.25, 0.3) is 5.56 Å². The van der Waals surface area contributed by atoms with E-state index in [1.165, 1.54) is 47.2 Å². The molecule has 6 heteroatoms. The first-order valence-corrected chi connectivity index (χ1v) is 7.66. The van der Waals surface area contributed by atoms with Gasteiger partial charge in [-0.05, 0) is 36.6 Å². The minimum absolute atomic E-state index is 0.278. The number of carbonyl (C=O) groups is 1. The zero-order valence-corrected chi connectivity index (χ0v) is 12.2. The summed E-state index contributed by atoms with van der Waals surface area (Å²) in [5.41, 5.74) is 0.461. The Morgan fingerprint density at radius 2 is 1.95 bits per heavy atom. The molecule has 4 nitrogen and oxygen atoms in total. The summed E-state index contributed by atoms with van der Waals surface area (Å²) >= 11 is 1.57. The second-order valence-electron chi connectivity index (χ2n) is 4.23. The topological polar surface area (TPSA) is 48.3 Å². The highest BCUT2D eigenvalue weighted by Gasteiger charge is 2.10. The van der Waals surface area contributed by atoms with E-state index >= 15 is 0 Å². The lowest BCUT2D eigenvalue weighted by molar-refractivity contribution is 0.0529. The van der Waals surface area contributed by atoms with Crippen molar-refractivity contribution in [3.8, 4) is 5.69 Å². The summed E-state index contributed by atoms with van der Waals surface area (Å²) in [4.78, 5) is 23.7. The standard InChI is InChI=1S/C15H14FNO3S/c1-21-9-8-20-15(19)11-2-7-14(18)17(10-11)13-5-3-12(16)4-6-13/h2-7,10H,8-9H2,1H3. The van der Waals surface area contributed by atoms with E-state index < -0.39 is 5.97 Å². The maximum absolute atomic E-state index is 12.9. The molecule has 110 valence electrons. The van der Waals surface area contributed by atoms with Gasteiger partial charge in [-0.1, -0.05) is 0 Å². The Hall–Kier alpha value is -2.08. The Labute approximate surface area is 125 Å². The first-order chi connectivity index (χ1) is 10.1. The van der Waals surface area contributed by atoms with Crippen molar-refractivity contribution < 1.29 is 13.9 Å². The van der Waals surface area contributed by atoms with Crippen LogP contribution in [0.5, 0.6) is 0 Å². The van der Waals surface area contributed by atoms with Gasteiger partial charge in [0.1, 0.15) is 12.4 Å². The van der Waals surface area contributed by atoms with Gasteiger partial charge in [-0.2, -0.15) is 11.8 Å². The molecule has 0 aliphatic rings. The second kappa shape index (κ2) is 7.08. The first kappa shape index (κ1) is 15.3. The van der Waals surface area contributed by atoms with Gasteiger partial charge in [0.05, 0.1) is 5.56 Å². The Morgan fingerprint density at radius 1 is 1.24 bits per heavy atom. The third kappa shape index (κ3) is 3.95. The van der Waals surface area contributed by atoms with E-state index in [-0.39, 0.29) is 16.9 Å². The fourth-order valence-electron chi connectivity index (χ4n) is 1.71. The highest BCUT2D eigenvalue weighted by atomic mass is 32.2. The van der Waals surface area contributed by atoms with Crippen molar-refractivity contribution in [2.24, 2.45) is 0 Å². The molecule has 21 heavy (non-hydrogen) atoms. The fraction of sp³-hybridized carbons (Fsp3) is 0.200. The summed E-state index contributed by atoms with van der Waals surface area (Å²) in [7, 11) is 0. The number of benzene rings is 1. The Kier molecular flexibility index (Phi) is 5.16. The molecular formula is C15H14FNO3S. The first-order valence-electron chi connectivity index (χ1n) is 6.26. The molecule has 1 heterocycles. The molecule has 1 aromatic carbocycles. The molecule has 0 atom stereocenters. The Balaban J connectivity index is 2.27. The average molecular weight is 307 g/mol. The summed E-state index contributed by atoms with van der Waals surface area (Å²) in [6.45, 7) is 0.315. The Morgan fingerprint density at radius 3 is 2.62 bits per heavy atom. The van der Waals surface area contributed by atoms with Crippen LogP contribution in [0.4, 0.5) is 4.39 Å². The minimum Gasteiger partial charge on any atom is -0.461 e. The van der Waals surface area contributed by atoms with Crippen molar-refractivity contribution in [2.75, 3.05) is 18.6 Å². The van der Waals surface area contributed by atoms with Crippen molar-refractivity contribution in [1.82, 2.24) is 4.57 Å². The van der Waals surface area contributed by atoms with Crippen molar-refractivity contribution >= 4 is 17.7 Å². The van der Waals surface area contributed by atoms with Crippen molar-refractivity contribution in [3.63, 3.8) is 0 Å². The van der Waals surface area contributed by atoms with Gasteiger partial charge in [0, 0.05) is 23.7 Å². The number of nitrogens with zero attached hydrogens (tertiary/aromatic N) is 1. The van der Waals surface area contributed by atoms with Gasteiger partial charge < -0.3 is 4.74 Å². The van der Waals surface area contributed by atoms with Crippen LogP contribution in [0.2, 0.25) is 0 Å². The van der Waals surface area contributed by atoms with Gasteiger partial charge >= 0.3 is 5.97 Å². The maximum Gasteiger partial charge on any atom is 0.339 e. The SMILES string of the molecule is CSCCOC(=O)c1ccc(=O)n(-c2ccc(F)cc2)c1. The van der Waals surface area contributed by atoms with Crippen LogP contribution in [0.3, 0.4) is 0 Å². The van der Waals surface area contributed by atoms with E-state index in [1.54, 1.807) is 11.8 Å². The fourth-order valence-corrected chi connectivity index (χ4v) is 1.96. The van der Waals surface area contributed by atoms with E-state index in [0.29, 0.717) is 18.0 Å². The third-order valence-corrected chi connectivity index (χ3v) is 3.35. The van der Waals surface area contributed by atoms with Crippen LogP contribution in [0.1, 0.15) is 10.4 Å². The van der Waals surface area contributed by atoms with Crippen molar-refractivity contribution in [3.05, 3.63) is 64.3 Å². The van der Waals surface area contributed by atoms with Crippen LogP contribution in [-0.4, -0.2) is 29.2 Å². The third-order valence-electron chi connectivity index (χ3n) is 2.77. The molecule has 0 saturated heterocycles.